The molecule has 2 rings (SSSR count). The highest BCUT2D eigenvalue weighted by Crippen LogP contribution is 2.34. The predicted octanol–water partition coefficient (Wildman–Crippen LogP) is 4.89. The van der Waals surface area contributed by atoms with E-state index in [9.17, 15) is 23.5 Å². The molecule has 0 aromatic heterocycles. The van der Waals surface area contributed by atoms with Gasteiger partial charge in [-0.3, -0.25) is 9.59 Å². The van der Waals surface area contributed by atoms with Gasteiger partial charge in [0.2, 0.25) is 5.91 Å². The summed E-state index contributed by atoms with van der Waals surface area (Å²) in [6.07, 6.45) is 7.95. The Balaban J connectivity index is 1.78. The van der Waals surface area contributed by atoms with Gasteiger partial charge in [-0.25, -0.2) is 0 Å². The highest BCUT2D eigenvalue weighted by Gasteiger charge is 2.52. The van der Waals surface area contributed by atoms with E-state index >= 15 is 0 Å². The summed E-state index contributed by atoms with van der Waals surface area (Å²) in [6, 6.07) is 9.45. The zero-order valence-electron chi connectivity index (χ0n) is 20.5. The number of rotatable bonds is 15. The van der Waals surface area contributed by atoms with E-state index in [-0.39, 0.29) is 18.4 Å². The fourth-order valence-corrected chi connectivity index (χ4v) is 4.34. The quantitative estimate of drug-likeness (QED) is 0.279. The summed E-state index contributed by atoms with van der Waals surface area (Å²) in [5, 5.41) is 13.3. The first-order valence-electron chi connectivity index (χ1n) is 12.6. The minimum atomic E-state index is -3.36. The first-order chi connectivity index (χ1) is 16.2. The molecule has 1 aromatic rings. The van der Waals surface area contributed by atoms with Gasteiger partial charge in [0.25, 0.3) is 5.91 Å². The second-order valence-corrected chi connectivity index (χ2v) is 9.32. The highest BCUT2D eigenvalue weighted by molar-refractivity contribution is 5.86. The summed E-state index contributed by atoms with van der Waals surface area (Å²) in [7, 11) is 0. The van der Waals surface area contributed by atoms with Crippen LogP contribution in [-0.4, -0.2) is 53.0 Å². The van der Waals surface area contributed by atoms with Crippen molar-refractivity contribution >= 4 is 11.8 Å². The maximum Gasteiger partial charge on any atom is 0.327 e. The predicted molar refractivity (Wildman–Crippen MR) is 131 cm³/mol. The van der Waals surface area contributed by atoms with Crippen LogP contribution in [0.4, 0.5) is 8.78 Å². The molecule has 34 heavy (non-hydrogen) atoms. The molecule has 0 spiro atoms. The number of carbonyl (C=O) groups is 2. The molecule has 0 aliphatic carbocycles. The Bertz CT molecular complexity index is 785. The normalized spacial score (nSPS) is 19.5. The van der Waals surface area contributed by atoms with Crippen LogP contribution in [0.2, 0.25) is 0 Å². The smallest absolute Gasteiger partial charge is 0.327 e. The van der Waals surface area contributed by atoms with Crippen molar-refractivity contribution in [1.29, 1.82) is 0 Å². The third-order valence-electron chi connectivity index (χ3n) is 6.45. The van der Waals surface area contributed by atoms with Crippen LogP contribution in [-0.2, 0) is 16.0 Å². The summed E-state index contributed by atoms with van der Waals surface area (Å²) < 4.78 is 28.2. The van der Waals surface area contributed by atoms with Gasteiger partial charge in [-0.15, -0.1) is 0 Å². The first-order valence-corrected chi connectivity index (χ1v) is 12.6. The maximum atomic E-state index is 14.1. The first kappa shape index (κ1) is 28.0. The number of aliphatic hydroxyl groups is 1. The summed E-state index contributed by atoms with van der Waals surface area (Å²) in [6.45, 7) is 4.69. The summed E-state index contributed by atoms with van der Waals surface area (Å²) in [5.74, 6) is -4.47. The van der Waals surface area contributed by atoms with Gasteiger partial charge in [-0.05, 0) is 50.5 Å². The minimum Gasteiger partial charge on any atom is -0.389 e. The second kappa shape index (κ2) is 14.2. The molecule has 5 nitrogen and oxygen atoms in total. The van der Waals surface area contributed by atoms with Gasteiger partial charge in [-0.2, -0.15) is 8.78 Å². The van der Waals surface area contributed by atoms with E-state index in [1.165, 1.54) is 10.5 Å². The monoisotopic (exact) mass is 478 g/mol. The van der Waals surface area contributed by atoms with Gasteiger partial charge < -0.3 is 15.3 Å². The number of halogens is 2. The average molecular weight is 479 g/mol. The van der Waals surface area contributed by atoms with Crippen molar-refractivity contribution in [3.05, 3.63) is 48.0 Å². The number of hydrogen-bond acceptors (Lipinski definition) is 3. The summed E-state index contributed by atoms with van der Waals surface area (Å²) in [5.41, 5.74) is 1.26. The number of aliphatic hydroxyl groups excluding tert-OH is 1. The van der Waals surface area contributed by atoms with Crippen LogP contribution >= 0.6 is 0 Å². The van der Waals surface area contributed by atoms with Gasteiger partial charge >= 0.3 is 5.92 Å². The lowest BCUT2D eigenvalue weighted by atomic mass is 9.95. The highest BCUT2D eigenvalue weighted by atomic mass is 19.3. The molecule has 1 aromatic carbocycles. The van der Waals surface area contributed by atoms with Gasteiger partial charge in [0, 0.05) is 25.9 Å². The van der Waals surface area contributed by atoms with Gasteiger partial charge in [0.15, 0.2) is 0 Å². The van der Waals surface area contributed by atoms with Crippen molar-refractivity contribution in [1.82, 2.24) is 10.2 Å². The van der Waals surface area contributed by atoms with Crippen LogP contribution in [0, 0.1) is 5.92 Å². The molecule has 0 bridgehead atoms. The van der Waals surface area contributed by atoms with Crippen molar-refractivity contribution in [2.24, 2.45) is 5.92 Å². The van der Waals surface area contributed by atoms with E-state index in [0.29, 0.717) is 19.4 Å². The topological polar surface area (TPSA) is 69.6 Å². The van der Waals surface area contributed by atoms with Gasteiger partial charge in [0.05, 0.1) is 12.1 Å². The largest absolute Gasteiger partial charge is 0.389 e. The van der Waals surface area contributed by atoms with Gasteiger partial charge in [-0.1, -0.05) is 62.2 Å². The Morgan fingerprint density at radius 3 is 2.62 bits per heavy atom. The molecule has 1 aliphatic rings. The number of benzene rings is 1. The van der Waals surface area contributed by atoms with E-state index in [1.54, 1.807) is 12.2 Å². The molecule has 1 fully saturated rings. The standard InChI is InChI=1S/C27H40F2N2O3/c1-3-30-25(33)16-9-4-5-10-19-31-23(20-27(28,29)26(31)34)17-18-24(32)21(2)12-11-15-22-13-7-6-8-14-22/h6-8,13-14,17-18,21,23-24,32H,3-5,9-12,15-16,19-20H2,1-2H3,(H,30,33)/b18-17+/t21?,23-,24?/m0/s1. The number of alkyl halides is 2. The zero-order valence-corrected chi connectivity index (χ0v) is 20.5. The van der Waals surface area contributed by atoms with Crippen molar-refractivity contribution in [2.45, 2.75) is 89.7 Å². The van der Waals surface area contributed by atoms with Crippen molar-refractivity contribution in [2.75, 3.05) is 13.1 Å². The van der Waals surface area contributed by atoms with Gasteiger partial charge in [0.1, 0.15) is 0 Å². The summed E-state index contributed by atoms with van der Waals surface area (Å²) in [4.78, 5) is 24.9. The molecule has 1 saturated heterocycles. The van der Waals surface area contributed by atoms with Crippen LogP contribution in [0.15, 0.2) is 42.5 Å². The molecule has 190 valence electrons. The second-order valence-electron chi connectivity index (χ2n) is 9.32. The number of amides is 2. The van der Waals surface area contributed by atoms with Crippen molar-refractivity contribution in [3.63, 3.8) is 0 Å². The molecular weight excluding hydrogens is 438 g/mol. The third kappa shape index (κ3) is 9.16. The van der Waals surface area contributed by atoms with Crippen LogP contribution < -0.4 is 5.32 Å². The molecule has 7 heteroatoms. The fraction of sp³-hybridized carbons (Fsp3) is 0.630. The minimum absolute atomic E-state index is 0.00376. The summed E-state index contributed by atoms with van der Waals surface area (Å²) >= 11 is 0. The third-order valence-corrected chi connectivity index (χ3v) is 6.45. The molecule has 2 amide bonds. The lowest BCUT2D eigenvalue weighted by Crippen LogP contribution is -2.36. The molecule has 1 heterocycles. The molecule has 2 unspecified atom stereocenters. The number of carbonyl (C=O) groups excluding carboxylic acids is 2. The van der Waals surface area contributed by atoms with Crippen molar-refractivity contribution < 1.29 is 23.5 Å². The Hall–Kier alpha value is -2.28. The Morgan fingerprint density at radius 1 is 1.21 bits per heavy atom. The number of nitrogens with one attached hydrogen (secondary N) is 1. The van der Waals surface area contributed by atoms with E-state index in [1.807, 2.05) is 32.0 Å². The Kier molecular flexibility index (Phi) is 11.7. The molecule has 2 N–H and O–H groups in total. The zero-order chi connectivity index (χ0) is 25.0. The molecule has 3 atom stereocenters. The van der Waals surface area contributed by atoms with E-state index in [0.717, 1.165) is 38.5 Å². The Morgan fingerprint density at radius 2 is 1.91 bits per heavy atom. The number of likely N-dealkylation sites (tertiary alicyclic amines) is 1. The van der Waals surface area contributed by atoms with E-state index < -0.39 is 30.4 Å². The molecule has 1 aliphatic heterocycles. The van der Waals surface area contributed by atoms with Crippen LogP contribution in [0.5, 0.6) is 0 Å². The van der Waals surface area contributed by atoms with Crippen LogP contribution in [0.3, 0.4) is 0 Å². The van der Waals surface area contributed by atoms with Crippen molar-refractivity contribution in [3.8, 4) is 0 Å². The van der Waals surface area contributed by atoms with E-state index in [4.69, 9.17) is 0 Å². The Labute approximate surface area is 202 Å². The molecular formula is C27H40F2N2O3. The lowest BCUT2D eigenvalue weighted by Gasteiger charge is -2.22. The van der Waals surface area contributed by atoms with E-state index in [2.05, 4.69) is 17.4 Å². The maximum absolute atomic E-state index is 14.1. The lowest BCUT2D eigenvalue weighted by molar-refractivity contribution is -0.148. The number of hydrogen-bond donors (Lipinski definition) is 2. The van der Waals surface area contributed by atoms with Crippen LogP contribution in [0.1, 0.15) is 70.8 Å². The fourth-order valence-electron chi connectivity index (χ4n) is 4.34. The number of nitrogens with zero attached hydrogens (tertiary/aromatic N) is 1. The number of unbranched alkanes of at least 4 members (excludes halogenated alkanes) is 3. The average Bonchev–Trinajstić information content (AvgIpc) is 3.03. The SMILES string of the molecule is CCNC(=O)CCCCCCN1C(=O)C(F)(F)C[C@@H]1/C=C/C(O)C(C)CCCc1ccccc1. The number of aryl methyl sites for hydroxylation is 1. The molecule has 0 radical (unpaired) electrons. The molecule has 0 saturated carbocycles. The van der Waals surface area contributed by atoms with Crippen LogP contribution in [0.25, 0.3) is 0 Å².